The largest absolute Gasteiger partial charge is 0.459 e. The van der Waals surface area contributed by atoms with Crippen molar-refractivity contribution in [2.24, 2.45) is 5.92 Å². The first kappa shape index (κ1) is 17.9. The number of aromatic nitrogens is 1. The van der Waals surface area contributed by atoms with Gasteiger partial charge in [0.1, 0.15) is 12.1 Å². The lowest BCUT2D eigenvalue weighted by atomic mass is 9.94. The highest BCUT2D eigenvalue weighted by molar-refractivity contribution is 5.91. The maximum atomic E-state index is 12.5. The third-order valence-corrected chi connectivity index (χ3v) is 3.78. The molecular weight excluding hydrogens is 310 g/mol. The fraction of sp³-hybridized carbons (Fsp3) is 0.529. The molecular formula is C17H23N3O4. The molecule has 0 spiro atoms. The summed E-state index contributed by atoms with van der Waals surface area (Å²) in [7, 11) is 1.67. The van der Waals surface area contributed by atoms with Gasteiger partial charge in [0.15, 0.2) is 0 Å². The zero-order valence-corrected chi connectivity index (χ0v) is 14.4. The molecule has 7 nitrogen and oxygen atoms in total. The zero-order valence-electron chi connectivity index (χ0n) is 14.4. The molecule has 2 heterocycles. The Bertz CT molecular complexity index is 624. The molecule has 0 bridgehead atoms. The van der Waals surface area contributed by atoms with E-state index in [1.54, 1.807) is 51.2 Å². The first-order valence-electron chi connectivity index (χ1n) is 7.84. The molecule has 1 aromatic heterocycles. The molecule has 1 aliphatic rings. The monoisotopic (exact) mass is 333 g/mol. The Morgan fingerprint density at radius 3 is 2.71 bits per heavy atom. The topological polar surface area (TPSA) is 88.6 Å². The highest BCUT2D eigenvalue weighted by atomic mass is 16.6. The van der Waals surface area contributed by atoms with Gasteiger partial charge in [0.05, 0.1) is 12.0 Å². The number of carbonyl (C=O) groups is 3. The van der Waals surface area contributed by atoms with Crippen molar-refractivity contribution in [3.05, 3.63) is 30.1 Å². The van der Waals surface area contributed by atoms with E-state index in [0.29, 0.717) is 0 Å². The van der Waals surface area contributed by atoms with Gasteiger partial charge in [-0.3, -0.25) is 19.4 Å². The zero-order chi connectivity index (χ0) is 17.9. The van der Waals surface area contributed by atoms with Crippen LogP contribution in [-0.4, -0.2) is 46.9 Å². The van der Waals surface area contributed by atoms with Crippen molar-refractivity contribution in [2.75, 3.05) is 13.6 Å². The van der Waals surface area contributed by atoms with Crippen molar-refractivity contribution >= 4 is 17.8 Å². The Morgan fingerprint density at radius 1 is 1.42 bits per heavy atom. The number of likely N-dealkylation sites (tertiary alicyclic amines) is 1. The molecule has 2 amide bonds. The van der Waals surface area contributed by atoms with Crippen LogP contribution in [0, 0.1) is 5.92 Å². The SMILES string of the molecule is CN1C(=O)C[C@H](C(=O)NCC(=O)OC(C)(C)C)[C@H]1c1cccnc1. The Kier molecular flexibility index (Phi) is 5.21. The summed E-state index contributed by atoms with van der Waals surface area (Å²) in [5, 5.41) is 2.58. The molecule has 0 aliphatic carbocycles. The first-order valence-corrected chi connectivity index (χ1v) is 7.84. The minimum atomic E-state index is -0.608. The van der Waals surface area contributed by atoms with Gasteiger partial charge in [-0.15, -0.1) is 0 Å². The molecule has 1 aliphatic heterocycles. The number of hydrogen-bond donors (Lipinski definition) is 1. The number of rotatable bonds is 4. The Labute approximate surface area is 141 Å². The van der Waals surface area contributed by atoms with Crippen LogP contribution < -0.4 is 5.32 Å². The average Bonchev–Trinajstić information content (AvgIpc) is 2.80. The number of ether oxygens (including phenoxy) is 1. The van der Waals surface area contributed by atoms with Crippen LogP contribution in [0.5, 0.6) is 0 Å². The fourth-order valence-corrected chi connectivity index (χ4v) is 2.78. The van der Waals surface area contributed by atoms with E-state index in [-0.39, 0.29) is 30.8 Å². The highest BCUT2D eigenvalue weighted by Crippen LogP contribution is 2.36. The number of nitrogens with zero attached hydrogens (tertiary/aromatic N) is 2. The second-order valence-corrected chi connectivity index (χ2v) is 6.85. The third kappa shape index (κ3) is 4.31. The second kappa shape index (κ2) is 6.98. The van der Waals surface area contributed by atoms with E-state index in [1.165, 1.54) is 0 Å². The predicted molar refractivity (Wildman–Crippen MR) is 86.7 cm³/mol. The summed E-state index contributed by atoms with van der Waals surface area (Å²) in [6.45, 7) is 5.06. The van der Waals surface area contributed by atoms with Crippen LogP contribution in [0.1, 0.15) is 38.8 Å². The Balaban J connectivity index is 2.04. The van der Waals surface area contributed by atoms with Crippen LogP contribution in [0.25, 0.3) is 0 Å². The minimum absolute atomic E-state index is 0.107. The second-order valence-electron chi connectivity index (χ2n) is 6.85. The van der Waals surface area contributed by atoms with Gasteiger partial charge in [-0.1, -0.05) is 6.07 Å². The van der Waals surface area contributed by atoms with Gasteiger partial charge >= 0.3 is 5.97 Å². The van der Waals surface area contributed by atoms with Crippen molar-refractivity contribution in [3.8, 4) is 0 Å². The third-order valence-electron chi connectivity index (χ3n) is 3.78. The maximum Gasteiger partial charge on any atom is 0.325 e. The molecule has 1 fully saturated rings. The molecule has 1 N–H and O–H groups in total. The van der Waals surface area contributed by atoms with Crippen molar-refractivity contribution in [1.82, 2.24) is 15.2 Å². The molecule has 2 rings (SSSR count). The van der Waals surface area contributed by atoms with E-state index in [2.05, 4.69) is 10.3 Å². The first-order chi connectivity index (χ1) is 11.2. The predicted octanol–water partition coefficient (Wildman–Crippen LogP) is 1.06. The van der Waals surface area contributed by atoms with E-state index < -0.39 is 17.5 Å². The fourth-order valence-electron chi connectivity index (χ4n) is 2.78. The molecule has 1 aromatic rings. The van der Waals surface area contributed by atoms with Gasteiger partial charge in [0, 0.05) is 25.9 Å². The Morgan fingerprint density at radius 2 is 2.12 bits per heavy atom. The molecule has 0 unspecified atom stereocenters. The minimum Gasteiger partial charge on any atom is -0.459 e. The summed E-state index contributed by atoms with van der Waals surface area (Å²) >= 11 is 0. The van der Waals surface area contributed by atoms with Crippen LogP contribution in [0.2, 0.25) is 0 Å². The summed E-state index contributed by atoms with van der Waals surface area (Å²) < 4.78 is 5.16. The van der Waals surface area contributed by atoms with E-state index in [9.17, 15) is 14.4 Å². The molecule has 7 heteroatoms. The van der Waals surface area contributed by atoms with E-state index in [4.69, 9.17) is 4.74 Å². The average molecular weight is 333 g/mol. The molecule has 0 saturated carbocycles. The quantitative estimate of drug-likeness (QED) is 0.832. The number of hydrogen-bond acceptors (Lipinski definition) is 5. The summed E-state index contributed by atoms with van der Waals surface area (Å²) in [5.74, 6) is -1.52. The normalized spacial score (nSPS) is 20.8. The highest BCUT2D eigenvalue weighted by Gasteiger charge is 2.42. The van der Waals surface area contributed by atoms with Gasteiger partial charge in [0.2, 0.25) is 11.8 Å². The molecule has 1 saturated heterocycles. The smallest absolute Gasteiger partial charge is 0.325 e. The van der Waals surface area contributed by atoms with Gasteiger partial charge < -0.3 is 15.0 Å². The summed E-state index contributed by atoms with van der Waals surface area (Å²) in [4.78, 5) is 41.8. The summed E-state index contributed by atoms with van der Waals surface area (Å²) in [6, 6.07) is 3.22. The molecule has 2 atom stereocenters. The van der Waals surface area contributed by atoms with Gasteiger partial charge in [0.25, 0.3) is 0 Å². The lowest BCUT2D eigenvalue weighted by molar-refractivity contribution is -0.154. The van der Waals surface area contributed by atoms with E-state index in [1.807, 2.05) is 6.07 Å². The number of pyridine rings is 1. The summed E-state index contributed by atoms with van der Waals surface area (Å²) in [6.07, 6.45) is 3.39. The van der Waals surface area contributed by atoms with Crippen LogP contribution in [-0.2, 0) is 19.1 Å². The Hall–Kier alpha value is -2.44. The standard InChI is InChI=1S/C17H23N3O4/c1-17(2,3)24-14(22)10-19-16(23)12-8-13(21)20(4)15(12)11-6-5-7-18-9-11/h5-7,9,12,15H,8,10H2,1-4H3,(H,19,23)/t12-,15+/m0/s1. The van der Waals surface area contributed by atoms with Crippen LogP contribution >= 0.6 is 0 Å². The van der Waals surface area contributed by atoms with Crippen LogP contribution in [0.3, 0.4) is 0 Å². The molecule has 130 valence electrons. The summed E-state index contributed by atoms with van der Waals surface area (Å²) in [5.41, 5.74) is 0.187. The van der Waals surface area contributed by atoms with Crippen molar-refractivity contribution in [2.45, 2.75) is 38.8 Å². The lowest BCUT2D eigenvalue weighted by Crippen LogP contribution is -2.39. The molecule has 0 aromatic carbocycles. The van der Waals surface area contributed by atoms with Crippen molar-refractivity contribution < 1.29 is 19.1 Å². The van der Waals surface area contributed by atoms with Crippen LogP contribution in [0.15, 0.2) is 24.5 Å². The van der Waals surface area contributed by atoms with E-state index >= 15 is 0 Å². The van der Waals surface area contributed by atoms with Crippen LogP contribution in [0.4, 0.5) is 0 Å². The number of nitrogens with one attached hydrogen (secondary N) is 1. The van der Waals surface area contributed by atoms with Crippen molar-refractivity contribution in [1.29, 1.82) is 0 Å². The van der Waals surface area contributed by atoms with E-state index in [0.717, 1.165) is 5.56 Å². The van der Waals surface area contributed by atoms with Crippen molar-refractivity contribution in [3.63, 3.8) is 0 Å². The van der Waals surface area contributed by atoms with Gasteiger partial charge in [-0.25, -0.2) is 0 Å². The number of carbonyl (C=O) groups excluding carboxylic acids is 3. The number of esters is 1. The van der Waals surface area contributed by atoms with Gasteiger partial charge in [-0.05, 0) is 32.4 Å². The van der Waals surface area contributed by atoms with Gasteiger partial charge in [-0.2, -0.15) is 0 Å². The maximum absolute atomic E-state index is 12.5. The number of amides is 2. The molecule has 24 heavy (non-hydrogen) atoms. The lowest BCUT2D eigenvalue weighted by Gasteiger charge is -2.24. The molecule has 0 radical (unpaired) electrons.